The summed E-state index contributed by atoms with van der Waals surface area (Å²) in [6, 6.07) is 25.9. The average molecular weight is 434 g/mol. The zero-order valence-corrected chi connectivity index (χ0v) is 18.4. The van der Waals surface area contributed by atoms with Gasteiger partial charge in [0.15, 0.2) is 0 Å². The van der Waals surface area contributed by atoms with E-state index in [9.17, 15) is 0 Å². The quantitative estimate of drug-likeness (QED) is 0.319. The topological polar surface area (TPSA) is 3.24 Å². The van der Waals surface area contributed by atoms with Gasteiger partial charge in [0, 0.05) is 24.7 Å². The number of benzene rings is 3. The van der Waals surface area contributed by atoms with Crippen LogP contribution in [0.4, 0.5) is 0 Å². The zero-order valence-electron chi connectivity index (χ0n) is 16.9. The van der Waals surface area contributed by atoms with Crippen LogP contribution < -0.4 is 0 Å². The first-order valence-electron chi connectivity index (χ1n) is 10.3. The maximum Gasteiger partial charge on any atom is 0.0406 e. The van der Waals surface area contributed by atoms with Crippen molar-refractivity contribution in [3.63, 3.8) is 0 Å². The van der Waals surface area contributed by atoms with Crippen molar-refractivity contribution in [3.8, 4) is 0 Å². The summed E-state index contributed by atoms with van der Waals surface area (Å²) in [6.45, 7) is 3.19. The van der Waals surface area contributed by atoms with Crippen LogP contribution in [0.15, 0.2) is 78.4 Å². The standard InChI is InChI=1S/C27H24ClN.ClH/c28-24-13-9-20(10-14-24)19-29-17-15-23(16-18-29)27-25-7-3-1-5-21(25)11-12-22-6-2-4-8-26(22)27;/h1-14H,15-19H2;1H. The minimum atomic E-state index is 0. The number of hydrogen-bond donors (Lipinski definition) is 0. The summed E-state index contributed by atoms with van der Waals surface area (Å²) < 4.78 is 0. The Morgan fingerprint density at radius 2 is 1.23 bits per heavy atom. The predicted molar refractivity (Wildman–Crippen MR) is 131 cm³/mol. The lowest BCUT2D eigenvalue weighted by atomic mass is 9.86. The zero-order chi connectivity index (χ0) is 19.6. The van der Waals surface area contributed by atoms with Crippen molar-refractivity contribution in [3.05, 3.63) is 111 Å². The maximum atomic E-state index is 6.03. The van der Waals surface area contributed by atoms with Crippen LogP contribution in [0.25, 0.3) is 17.7 Å². The first-order valence-corrected chi connectivity index (χ1v) is 10.7. The highest BCUT2D eigenvalue weighted by Crippen LogP contribution is 2.38. The normalized spacial score (nSPS) is 15.8. The molecule has 3 aromatic carbocycles. The van der Waals surface area contributed by atoms with E-state index in [0.717, 1.165) is 37.5 Å². The molecule has 1 fully saturated rings. The van der Waals surface area contributed by atoms with E-state index in [4.69, 9.17) is 11.6 Å². The van der Waals surface area contributed by atoms with Crippen LogP contribution in [0, 0.1) is 0 Å². The van der Waals surface area contributed by atoms with Crippen LogP contribution in [0.5, 0.6) is 0 Å². The van der Waals surface area contributed by atoms with Crippen molar-refractivity contribution >= 4 is 41.7 Å². The molecule has 1 nitrogen and oxygen atoms in total. The summed E-state index contributed by atoms with van der Waals surface area (Å²) in [7, 11) is 0. The third-order valence-electron chi connectivity index (χ3n) is 6.04. The van der Waals surface area contributed by atoms with E-state index in [0.29, 0.717) is 0 Å². The van der Waals surface area contributed by atoms with Gasteiger partial charge in [0.05, 0.1) is 0 Å². The molecule has 30 heavy (non-hydrogen) atoms. The van der Waals surface area contributed by atoms with E-state index in [1.54, 1.807) is 5.57 Å². The van der Waals surface area contributed by atoms with Crippen molar-refractivity contribution in [2.24, 2.45) is 0 Å². The van der Waals surface area contributed by atoms with Gasteiger partial charge in [-0.15, -0.1) is 12.4 Å². The second-order valence-corrected chi connectivity index (χ2v) is 8.33. The van der Waals surface area contributed by atoms with Gasteiger partial charge in [-0.1, -0.05) is 90.0 Å². The van der Waals surface area contributed by atoms with Gasteiger partial charge < -0.3 is 0 Å². The average Bonchev–Trinajstić information content (AvgIpc) is 2.93. The Kier molecular flexibility index (Phi) is 6.43. The van der Waals surface area contributed by atoms with Gasteiger partial charge in [0.2, 0.25) is 0 Å². The van der Waals surface area contributed by atoms with Gasteiger partial charge in [-0.05, 0) is 58.4 Å². The van der Waals surface area contributed by atoms with Crippen molar-refractivity contribution in [2.75, 3.05) is 13.1 Å². The van der Waals surface area contributed by atoms with Crippen molar-refractivity contribution < 1.29 is 0 Å². The Balaban J connectivity index is 0.00000218. The number of fused-ring (bicyclic) bond motifs is 2. The van der Waals surface area contributed by atoms with E-state index in [2.05, 4.69) is 77.7 Å². The third-order valence-corrected chi connectivity index (χ3v) is 6.29. The molecule has 152 valence electrons. The molecule has 0 radical (unpaired) electrons. The molecule has 5 rings (SSSR count). The van der Waals surface area contributed by atoms with E-state index in [1.807, 2.05) is 12.1 Å². The molecule has 1 aliphatic heterocycles. The Morgan fingerprint density at radius 3 is 1.80 bits per heavy atom. The SMILES string of the molecule is Cl.Clc1ccc(CN2CCC(=C3c4ccccc4C=Cc4ccccc43)CC2)cc1. The molecule has 0 amide bonds. The van der Waals surface area contributed by atoms with E-state index in [-0.39, 0.29) is 12.4 Å². The van der Waals surface area contributed by atoms with Crippen LogP contribution in [-0.4, -0.2) is 18.0 Å². The fourth-order valence-corrected chi connectivity index (χ4v) is 4.65. The van der Waals surface area contributed by atoms with Gasteiger partial charge in [-0.3, -0.25) is 4.90 Å². The smallest absolute Gasteiger partial charge is 0.0406 e. The molecule has 0 N–H and O–H groups in total. The van der Waals surface area contributed by atoms with Crippen molar-refractivity contribution in [2.45, 2.75) is 19.4 Å². The molecule has 1 aliphatic carbocycles. The fourth-order valence-electron chi connectivity index (χ4n) is 4.52. The lowest BCUT2D eigenvalue weighted by molar-refractivity contribution is 0.248. The van der Waals surface area contributed by atoms with Gasteiger partial charge in [0.1, 0.15) is 0 Å². The highest BCUT2D eigenvalue weighted by atomic mass is 35.5. The molecular weight excluding hydrogens is 409 g/mol. The summed E-state index contributed by atoms with van der Waals surface area (Å²) in [4.78, 5) is 2.56. The van der Waals surface area contributed by atoms with E-state index < -0.39 is 0 Å². The number of halogens is 2. The first-order chi connectivity index (χ1) is 14.3. The molecule has 3 heteroatoms. The lowest BCUT2D eigenvalue weighted by Crippen LogP contribution is -2.30. The second kappa shape index (κ2) is 9.22. The monoisotopic (exact) mass is 433 g/mol. The van der Waals surface area contributed by atoms with Gasteiger partial charge in [0.25, 0.3) is 0 Å². The molecule has 0 atom stereocenters. The molecular formula is C27H25Cl2N. The number of rotatable bonds is 2. The summed E-state index contributed by atoms with van der Waals surface area (Å²) in [5.41, 5.74) is 9.74. The van der Waals surface area contributed by atoms with Crippen molar-refractivity contribution in [1.82, 2.24) is 4.90 Å². The second-order valence-electron chi connectivity index (χ2n) is 7.89. The Hall–Kier alpha value is -2.32. The number of piperidine rings is 1. The molecule has 0 unspecified atom stereocenters. The molecule has 1 heterocycles. The highest BCUT2D eigenvalue weighted by molar-refractivity contribution is 6.30. The fraction of sp³-hybridized carbons (Fsp3) is 0.185. The van der Waals surface area contributed by atoms with Crippen molar-refractivity contribution in [1.29, 1.82) is 0 Å². The Labute approximate surface area is 190 Å². The van der Waals surface area contributed by atoms with E-state index in [1.165, 1.54) is 33.4 Å². The molecule has 0 saturated carbocycles. The molecule has 0 aromatic heterocycles. The Morgan fingerprint density at radius 1 is 0.700 bits per heavy atom. The summed E-state index contributed by atoms with van der Waals surface area (Å²) in [6.07, 6.45) is 6.76. The van der Waals surface area contributed by atoms with Crippen LogP contribution in [0.1, 0.15) is 40.7 Å². The lowest BCUT2D eigenvalue weighted by Gasteiger charge is -2.30. The highest BCUT2D eigenvalue weighted by Gasteiger charge is 2.22. The summed E-state index contributed by atoms with van der Waals surface area (Å²) in [5.74, 6) is 0. The Bertz CT molecular complexity index is 1030. The molecule has 2 aliphatic rings. The largest absolute Gasteiger partial charge is 0.298 e. The third kappa shape index (κ3) is 4.25. The minimum Gasteiger partial charge on any atom is -0.298 e. The number of hydrogen-bond acceptors (Lipinski definition) is 1. The summed E-state index contributed by atoms with van der Waals surface area (Å²) in [5, 5.41) is 0.804. The van der Waals surface area contributed by atoms with Gasteiger partial charge in [-0.2, -0.15) is 0 Å². The minimum absolute atomic E-state index is 0. The number of likely N-dealkylation sites (tertiary alicyclic amines) is 1. The molecule has 1 saturated heterocycles. The van der Waals surface area contributed by atoms with E-state index >= 15 is 0 Å². The summed E-state index contributed by atoms with van der Waals surface area (Å²) >= 11 is 6.03. The molecule has 0 bridgehead atoms. The van der Waals surface area contributed by atoms with Gasteiger partial charge >= 0.3 is 0 Å². The van der Waals surface area contributed by atoms with Crippen LogP contribution in [-0.2, 0) is 6.54 Å². The van der Waals surface area contributed by atoms with Crippen LogP contribution >= 0.6 is 24.0 Å². The first kappa shape index (κ1) is 20.9. The van der Waals surface area contributed by atoms with Gasteiger partial charge in [-0.25, -0.2) is 0 Å². The maximum absolute atomic E-state index is 6.03. The van der Waals surface area contributed by atoms with Crippen LogP contribution in [0.2, 0.25) is 5.02 Å². The van der Waals surface area contributed by atoms with Crippen LogP contribution in [0.3, 0.4) is 0 Å². The molecule has 0 spiro atoms. The predicted octanol–water partition coefficient (Wildman–Crippen LogP) is 7.34. The molecule has 3 aromatic rings. The number of nitrogens with zero attached hydrogens (tertiary/aromatic N) is 1.